The molecule has 2 N–H and O–H groups in total. The quantitative estimate of drug-likeness (QED) is 0.513. The van der Waals surface area contributed by atoms with Crippen molar-refractivity contribution in [2.75, 3.05) is 0 Å². The van der Waals surface area contributed by atoms with Crippen molar-refractivity contribution in [2.24, 2.45) is 0 Å². The van der Waals surface area contributed by atoms with Crippen molar-refractivity contribution < 1.29 is 0 Å². The smallest absolute Gasteiger partial charge is 0.0619 e. The Kier molecular flexibility index (Phi) is 1.10. The highest BCUT2D eigenvalue weighted by atomic mass is 15.0. The van der Waals surface area contributed by atoms with E-state index in [0.717, 1.165) is 11.4 Å². The Bertz CT molecular complexity index is 228. The monoisotopic (exact) mass is 132 g/mol. The van der Waals surface area contributed by atoms with Gasteiger partial charge >= 0.3 is 0 Å². The van der Waals surface area contributed by atoms with Crippen LogP contribution in [-0.2, 0) is 0 Å². The number of allylic oxidation sites excluding steroid dienone is 4. The van der Waals surface area contributed by atoms with Crippen LogP contribution in [0.1, 0.15) is 0 Å². The minimum atomic E-state index is 1.13. The maximum absolute atomic E-state index is 3.12. The lowest BCUT2D eigenvalue weighted by atomic mass is 10.2. The van der Waals surface area contributed by atoms with E-state index in [-0.39, 0.29) is 0 Å². The summed E-state index contributed by atoms with van der Waals surface area (Å²) in [5, 5.41) is 6.24. The van der Waals surface area contributed by atoms with E-state index in [9.17, 15) is 0 Å². The van der Waals surface area contributed by atoms with E-state index in [1.165, 1.54) is 0 Å². The first-order chi connectivity index (χ1) is 4.97. The third-order valence-electron chi connectivity index (χ3n) is 1.49. The van der Waals surface area contributed by atoms with E-state index in [1.54, 1.807) is 0 Å². The van der Waals surface area contributed by atoms with Crippen molar-refractivity contribution in [1.82, 2.24) is 10.6 Å². The van der Waals surface area contributed by atoms with Gasteiger partial charge in [-0.1, -0.05) is 0 Å². The second-order valence-corrected chi connectivity index (χ2v) is 2.17. The molecule has 0 aliphatic carbocycles. The highest BCUT2D eigenvalue weighted by Gasteiger charge is 2.04. The molecule has 0 atom stereocenters. The van der Waals surface area contributed by atoms with Gasteiger partial charge in [0.2, 0.25) is 0 Å². The second kappa shape index (κ2) is 2.06. The van der Waals surface area contributed by atoms with Crippen molar-refractivity contribution in [2.45, 2.75) is 0 Å². The molecule has 0 saturated carbocycles. The molecule has 0 radical (unpaired) electrons. The Labute approximate surface area is 59.6 Å². The lowest BCUT2D eigenvalue weighted by molar-refractivity contribution is 0.942. The van der Waals surface area contributed by atoms with Crippen LogP contribution in [0.25, 0.3) is 0 Å². The predicted octanol–water partition coefficient (Wildman–Crippen LogP) is 0.988. The summed E-state index contributed by atoms with van der Waals surface area (Å²) < 4.78 is 0. The normalized spacial score (nSPS) is 20.0. The van der Waals surface area contributed by atoms with Gasteiger partial charge in [0.1, 0.15) is 0 Å². The number of nitrogens with one attached hydrogen (secondary N) is 2. The van der Waals surface area contributed by atoms with Crippen LogP contribution in [0.15, 0.2) is 48.1 Å². The Morgan fingerprint density at radius 3 is 1.80 bits per heavy atom. The van der Waals surface area contributed by atoms with Crippen LogP contribution in [0.2, 0.25) is 0 Å². The van der Waals surface area contributed by atoms with Crippen LogP contribution in [0.4, 0.5) is 0 Å². The van der Waals surface area contributed by atoms with Gasteiger partial charge in [0.15, 0.2) is 0 Å². The summed E-state index contributed by atoms with van der Waals surface area (Å²) in [6.07, 6.45) is 11.8. The molecule has 0 aromatic heterocycles. The molecule has 50 valence electrons. The van der Waals surface area contributed by atoms with Gasteiger partial charge in [0.05, 0.1) is 11.4 Å². The Balaban J connectivity index is 2.38. The Morgan fingerprint density at radius 2 is 1.30 bits per heavy atom. The van der Waals surface area contributed by atoms with Crippen LogP contribution in [0.3, 0.4) is 0 Å². The van der Waals surface area contributed by atoms with Crippen molar-refractivity contribution in [3.8, 4) is 0 Å². The van der Waals surface area contributed by atoms with Gasteiger partial charge in [-0.15, -0.1) is 0 Å². The molecule has 2 heterocycles. The van der Waals surface area contributed by atoms with Crippen molar-refractivity contribution in [1.29, 1.82) is 0 Å². The molecule has 0 spiro atoms. The molecule has 0 amide bonds. The minimum absolute atomic E-state index is 1.13. The third kappa shape index (κ3) is 0.739. The molecule has 0 saturated heterocycles. The fraction of sp³-hybridized carbons (Fsp3) is 0. The van der Waals surface area contributed by atoms with Crippen LogP contribution in [-0.4, -0.2) is 0 Å². The Morgan fingerprint density at radius 1 is 0.800 bits per heavy atom. The summed E-state index contributed by atoms with van der Waals surface area (Å²) in [5.41, 5.74) is 2.26. The number of dihydropyridines is 2. The lowest BCUT2D eigenvalue weighted by Gasteiger charge is -2.16. The van der Waals surface area contributed by atoms with Crippen molar-refractivity contribution in [3.05, 3.63) is 48.1 Å². The lowest BCUT2D eigenvalue weighted by Crippen LogP contribution is -2.20. The molecule has 0 unspecified atom stereocenters. The van der Waals surface area contributed by atoms with Crippen molar-refractivity contribution >= 4 is 0 Å². The van der Waals surface area contributed by atoms with Gasteiger partial charge < -0.3 is 10.6 Å². The topological polar surface area (TPSA) is 24.1 Å². The molecule has 2 aliphatic rings. The number of hydrogen-bond donors (Lipinski definition) is 2. The predicted molar refractivity (Wildman–Crippen MR) is 40.7 cm³/mol. The summed E-state index contributed by atoms with van der Waals surface area (Å²) in [7, 11) is 0. The summed E-state index contributed by atoms with van der Waals surface area (Å²) in [5.74, 6) is 0. The molecule has 0 bridgehead atoms. The highest BCUT2D eigenvalue weighted by Crippen LogP contribution is 2.10. The first kappa shape index (κ1) is 5.35. The molecule has 0 aromatic rings. The van der Waals surface area contributed by atoms with Crippen LogP contribution in [0, 0.1) is 0 Å². The van der Waals surface area contributed by atoms with Gasteiger partial charge in [-0.25, -0.2) is 0 Å². The molecule has 2 heteroatoms. The third-order valence-corrected chi connectivity index (χ3v) is 1.49. The van der Waals surface area contributed by atoms with E-state index >= 15 is 0 Å². The van der Waals surface area contributed by atoms with Gasteiger partial charge in [-0.05, 0) is 24.3 Å². The van der Waals surface area contributed by atoms with Crippen LogP contribution >= 0.6 is 0 Å². The van der Waals surface area contributed by atoms with Crippen molar-refractivity contribution in [3.63, 3.8) is 0 Å². The van der Waals surface area contributed by atoms with Gasteiger partial charge in [-0.3, -0.25) is 0 Å². The van der Waals surface area contributed by atoms with Crippen LogP contribution < -0.4 is 10.6 Å². The summed E-state index contributed by atoms with van der Waals surface area (Å²) in [4.78, 5) is 0. The fourth-order valence-electron chi connectivity index (χ4n) is 0.996. The summed E-state index contributed by atoms with van der Waals surface area (Å²) in [6, 6.07) is 0. The molecular formula is C8H8N2. The molecule has 0 fully saturated rings. The first-order valence-electron chi connectivity index (χ1n) is 3.24. The number of hydrogen-bond acceptors (Lipinski definition) is 2. The summed E-state index contributed by atoms with van der Waals surface area (Å²) in [6.45, 7) is 0. The van der Waals surface area contributed by atoms with Gasteiger partial charge in [-0.2, -0.15) is 0 Å². The van der Waals surface area contributed by atoms with E-state index in [1.807, 2.05) is 36.7 Å². The van der Waals surface area contributed by atoms with E-state index < -0.39 is 0 Å². The average molecular weight is 132 g/mol. The first-order valence-corrected chi connectivity index (χ1v) is 3.24. The SMILES string of the molecule is C1=CNC2=CC=CNC2=C1. The number of fused-ring (bicyclic) bond motifs is 1. The second-order valence-electron chi connectivity index (χ2n) is 2.17. The highest BCUT2D eigenvalue weighted by molar-refractivity contribution is 5.41. The number of rotatable bonds is 0. The van der Waals surface area contributed by atoms with Gasteiger partial charge in [0, 0.05) is 12.4 Å². The average Bonchev–Trinajstić information content (AvgIpc) is 2.05. The molecule has 0 aromatic carbocycles. The summed E-state index contributed by atoms with van der Waals surface area (Å²) >= 11 is 0. The molecule has 2 aliphatic heterocycles. The zero-order valence-corrected chi connectivity index (χ0v) is 5.46. The van der Waals surface area contributed by atoms with E-state index in [4.69, 9.17) is 0 Å². The molecule has 2 rings (SSSR count). The largest absolute Gasteiger partial charge is 0.360 e. The standard InChI is InChI=1S/C8H8N2/c1-3-7-8(9-5-1)4-2-6-10-7/h1-6,9-10H. The van der Waals surface area contributed by atoms with Gasteiger partial charge in [0.25, 0.3) is 0 Å². The minimum Gasteiger partial charge on any atom is -0.360 e. The van der Waals surface area contributed by atoms with E-state index in [0.29, 0.717) is 0 Å². The zero-order valence-electron chi connectivity index (χ0n) is 5.46. The van der Waals surface area contributed by atoms with Crippen LogP contribution in [0.5, 0.6) is 0 Å². The van der Waals surface area contributed by atoms with E-state index in [2.05, 4.69) is 10.6 Å². The maximum atomic E-state index is 3.12. The fourth-order valence-corrected chi connectivity index (χ4v) is 0.996. The zero-order chi connectivity index (χ0) is 6.81. The molecule has 2 nitrogen and oxygen atoms in total. The Hall–Kier alpha value is -1.44. The maximum Gasteiger partial charge on any atom is 0.0619 e. The molecule has 10 heavy (non-hydrogen) atoms. The molecular weight excluding hydrogens is 124 g/mol.